The number of nitrogens with zero attached hydrogens (tertiary/aromatic N) is 1. The number of aryl methyl sites for hydroxylation is 2. The minimum absolute atomic E-state index is 0.0799. The summed E-state index contributed by atoms with van der Waals surface area (Å²) in [6.07, 6.45) is 1.02. The largest absolute Gasteiger partial charge is 0.494 e. The Balaban J connectivity index is 1.56. The van der Waals surface area contributed by atoms with E-state index in [1.165, 1.54) is 17.3 Å². The van der Waals surface area contributed by atoms with Crippen LogP contribution in [0, 0.1) is 13.8 Å². The van der Waals surface area contributed by atoms with Crippen LogP contribution in [0.25, 0.3) is 0 Å². The van der Waals surface area contributed by atoms with Gasteiger partial charge in [-0.05, 0) is 67.8 Å². The smallest absolute Gasteiger partial charge is 0.240 e. The van der Waals surface area contributed by atoms with Gasteiger partial charge in [0, 0.05) is 12.1 Å². The fourth-order valence-electron chi connectivity index (χ4n) is 2.74. The molecule has 0 spiro atoms. The number of hydrogen-bond acceptors (Lipinski definition) is 5. The number of anilines is 1. The zero-order valence-corrected chi connectivity index (χ0v) is 17.6. The first-order valence-corrected chi connectivity index (χ1v) is 10.5. The number of ether oxygens (including phenoxy) is 1. The molecule has 1 heterocycles. The van der Waals surface area contributed by atoms with E-state index in [1.807, 2.05) is 51.1 Å². The second-order valence-corrected chi connectivity index (χ2v) is 8.10. The fourth-order valence-corrected chi connectivity index (χ4v) is 3.73. The molecule has 2 aromatic carbocycles. The number of rotatable bonds is 7. The maximum Gasteiger partial charge on any atom is 0.240 e. The second kappa shape index (κ2) is 9.60. The fraction of sp³-hybridized carbons (Fsp3) is 0.318. The molecule has 2 amide bonds. The average molecular weight is 412 g/mol. The number of amidine groups is 1. The van der Waals surface area contributed by atoms with E-state index in [2.05, 4.69) is 15.6 Å². The molecule has 2 N–H and O–H groups in total. The van der Waals surface area contributed by atoms with Crippen LogP contribution in [-0.2, 0) is 9.59 Å². The molecule has 1 fully saturated rings. The van der Waals surface area contributed by atoms with Crippen molar-refractivity contribution in [3.63, 3.8) is 0 Å². The Hall–Kier alpha value is -2.80. The van der Waals surface area contributed by atoms with Crippen molar-refractivity contribution in [1.82, 2.24) is 5.32 Å². The van der Waals surface area contributed by atoms with E-state index in [0.717, 1.165) is 23.4 Å². The Morgan fingerprint density at radius 2 is 1.93 bits per heavy atom. The number of aliphatic imine (C=N–C) groups is 1. The number of thioether (sulfide) groups is 1. The molecule has 0 aromatic heterocycles. The number of amides is 2. The lowest BCUT2D eigenvalue weighted by molar-refractivity contribution is -0.122. The van der Waals surface area contributed by atoms with Crippen molar-refractivity contribution in [2.24, 2.45) is 4.99 Å². The Morgan fingerprint density at radius 1 is 1.17 bits per heavy atom. The Kier molecular flexibility index (Phi) is 6.93. The predicted molar refractivity (Wildman–Crippen MR) is 118 cm³/mol. The molecular formula is C22H25N3O3S. The van der Waals surface area contributed by atoms with Gasteiger partial charge in [0.25, 0.3) is 0 Å². The lowest BCUT2D eigenvalue weighted by atomic mass is 10.1. The van der Waals surface area contributed by atoms with E-state index in [1.54, 1.807) is 12.1 Å². The van der Waals surface area contributed by atoms with Gasteiger partial charge < -0.3 is 15.4 Å². The summed E-state index contributed by atoms with van der Waals surface area (Å²) in [5.41, 5.74) is 3.79. The summed E-state index contributed by atoms with van der Waals surface area (Å²) in [5.74, 6) is 0.353. The summed E-state index contributed by atoms with van der Waals surface area (Å²) >= 11 is 1.28. The molecule has 1 aliphatic heterocycles. The Morgan fingerprint density at radius 3 is 2.62 bits per heavy atom. The van der Waals surface area contributed by atoms with Crippen molar-refractivity contribution in [2.45, 2.75) is 38.9 Å². The van der Waals surface area contributed by atoms with Crippen LogP contribution in [-0.4, -0.2) is 28.8 Å². The summed E-state index contributed by atoms with van der Waals surface area (Å²) in [5, 5.41) is 5.61. The van der Waals surface area contributed by atoms with Gasteiger partial charge in [0.1, 0.15) is 11.0 Å². The quantitative estimate of drug-likeness (QED) is 0.710. The Labute approximate surface area is 175 Å². The number of hydrogen-bond donors (Lipinski definition) is 2. The van der Waals surface area contributed by atoms with Crippen LogP contribution >= 0.6 is 11.8 Å². The summed E-state index contributed by atoms with van der Waals surface area (Å²) in [6, 6.07) is 13.1. The minimum Gasteiger partial charge on any atom is -0.494 e. The van der Waals surface area contributed by atoms with E-state index < -0.39 is 5.25 Å². The first-order chi connectivity index (χ1) is 13.9. The standard InChI is InChI=1S/C22H25N3O3S/c1-4-11-28-18-9-7-16(8-10-18)23-20(26)13-19-21(27)25-22(29-19)24-17-6-5-14(2)15(3)12-17/h5-10,12,19H,4,11,13H2,1-3H3,(H,23,26)(H,24,25,27)/t19-/m0/s1. The molecule has 152 valence electrons. The van der Waals surface area contributed by atoms with E-state index in [9.17, 15) is 9.59 Å². The normalized spacial score (nSPS) is 17.3. The highest BCUT2D eigenvalue weighted by atomic mass is 32.2. The van der Waals surface area contributed by atoms with Gasteiger partial charge >= 0.3 is 0 Å². The maximum atomic E-state index is 12.3. The van der Waals surface area contributed by atoms with E-state index in [-0.39, 0.29) is 18.2 Å². The van der Waals surface area contributed by atoms with Crippen molar-refractivity contribution in [2.75, 3.05) is 11.9 Å². The molecule has 29 heavy (non-hydrogen) atoms. The highest BCUT2D eigenvalue weighted by molar-refractivity contribution is 8.15. The van der Waals surface area contributed by atoms with Crippen LogP contribution in [0.5, 0.6) is 5.75 Å². The van der Waals surface area contributed by atoms with Crippen LogP contribution in [0.2, 0.25) is 0 Å². The molecule has 0 unspecified atom stereocenters. The van der Waals surface area contributed by atoms with Gasteiger partial charge in [-0.3, -0.25) is 9.59 Å². The lowest BCUT2D eigenvalue weighted by Gasteiger charge is -2.09. The van der Waals surface area contributed by atoms with Crippen LogP contribution in [0.4, 0.5) is 11.4 Å². The molecule has 0 saturated carbocycles. The number of carbonyl (C=O) groups is 2. The van der Waals surface area contributed by atoms with Gasteiger partial charge in [-0.1, -0.05) is 24.8 Å². The number of carbonyl (C=O) groups excluding carboxylic acids is 2. The molecule has 0 aliphatic carbocycles. The molecule has 0 radical (unpaired) electrons. The molecule has 3 rings (SSSR count). The highest BCUT2D eigenvalue weighted by Crippen LogP contribution is 2.26. The van der Waals surface area contributed by atoms with Crippen molar-refractivity contribution in [1.29, 1.82) is 0 Å². The molecule has 1 atom stereocenters. The molecule has 7 heteroatoms. The first kappa shape index (κ1) is 20.9. The van der Waals surface area contributed by atoms with Gasteiger partial charge in [0.2, 0.25) is 11.8 Å². The Bertz CT molecular complexity index is 925. The van der Waals surface area contributed by atoms with Gasteiger partial charge in [0.15, 0.2) is 5.17 Å². The third kappa shape index (κ3) is 5.84. The maximum absolute atomic E-state index is 12.3. The lowest BCUT2D eigenvalue weighted by Crippen LogP contribution is -2.28. The van der Waals surface area contributed by atoms with Crippen molar-refractivity contribution in [3.8, 4) is 5.75 Å². The van der Waals surface area contributed by atoms with Crippen molar-refractivity contribution in [3.05, 3.63) is 53.6 Å². The molecule has 1 aliphatic rings. The highest BCUT2D eigenvalue weighted by Gasteiger charge is 2.32. The third-order valence-corrected chi connectivity index (χ3v) is 5.56. The van der Waals surface area contributed by atoms with Crippen LogP contribution in [0.1, 0.15) is 30.9 Å². The zero-order valence-electron chi connectivity index (χ0n) is 16.8. The van der Waals surface area contributed by atoms with Crippen molar-refractivity contribution < 1.29 is 14.3 Å². The topological polar surface area (TPSA) is 79.8 Å². The van der Waals surface area contributed by atoms with Crippen LogP contribution in [0.15, 0.2) is 47.5 Å². The molecule has 0 bridgehead atoms. The van der Waals surface area contributed by atoms with Crippen molar-refractivity contribution >= 4 is 40.1 Å². The van der Waals surface area contributed by atoms with E-state index in [4.69, 9.17) is 4.74 Å². The molecule has 6 nitrogen and oxygen atoms in total. The van der Waals surface area contributed by atoms with Crippen LogP contribution < -0.4 is 15.4 Å². The monoisotopic (exact) mass is 411 g/mol. The summed E-state index contributed by atoms with van der Waals surface area (Å²) in [6.45, 7) is 6.77. The number of nitrogens with one attached hydrogen (secondary N) is 2. The van der Waals surface area contributed by atoms with Crippen LogP contribution in [0.3, 0.4) is 0 Å². The second-order valence-electron chi connectivity index (χ2n) is 6.91. The molecular weight excluding hydrogens is 386 g/mol. The van der Waals surface area contributed by atoms with E-state index >= 15 is 0 Å². The predicted octanol–water partition coefficient (Wildman–Crippen LogP) is 4.34. The van der Waals surface area contributed by atoms with Gasteiger partial charge in [-0.15, -0.1) is 0 Å². The van der Waals surface area contributed by atoms with E-state index in [0.29, 0.717) is 17.5 Å². The summed E-state index contributed by atoms with van der Waals surface area (Å²) in [7, 11) is 0. The SMILES string of the molecule is CCCOc1ccc(NC(=O)C[C@@H]2SC(=Nc3ccc(C)c(C)c3)NC2=O)cc1. The zero-order chi connectivity index (χ0) is 20.8. The summed E-state index contributed by atoms with van der Waals surface area (Å²) < 4.78 is 5.53. The van der Waals surface area contributed by atoms with Gasteiger partial charge in [-0.25, -0.2) is 4.99 Å². The van der Waals surface area contributed by atoms with Gasteiger partial charge in [-0.2, -0.15) is 0 Å². The average Bonchev–Trinajstić information content (AvgIpc) is 3.03. The van der Waals surface area contributed by atoms with Gasteiger partial charge in [0.05, 0.1) is 12.3 Å². The first-order valence-electron chi connectivity index (χ1n) is 9.61. The third-order valence-electron chi connectivity index (χ3n) is 4.48. The molecule has 2 aromatic rings. The summed E-state index contributed by atoms with van der Waals surface area (Å²) in [4.78, 5) is 29.1. The molecule has 1 saturated heterocycles. The number of benzene rings is 2. The minimum atomic E-state index is -0.493.